The molecule has 2 N–H and O–H groups in total. The summed E-state index contributed by atoms with van der Waals surface area (Å²) in [6.45, 7) is 2.03. The molecule has 0 fully saturated rings. The van der Waals surface area contributed by atoms with Crippen LogP contribution in [0.25, 0.3) is 16.9 Å². The Morgan fingerprint density at radius 1 is 1.10 bits per heavy atom. The lowest BCUT2D eigenvalue weighted by molar-refractivity contribution is 0.886. The molecule has 0 amide bonds. The molecule has 21 heavy (non-hydrogen) atoms. The van der Waals surface area contributed by atoms with E-state index < -0.39 is 0 Å². The molecular formula is C16H13BrClN3. The van der Waals surface area contributed by atoms with Crippen LogP contribution in [-0.4, -0.2) is 9.78 Å². The van der Waals surface area contributed by atoms with Gasteiger partial charge in [-0.1, -0.05) is 39.7 Å². The maximum absolute atomic E-state index is 6.11. The molecule has 1 heterocycles. The lowest BCUT2D eigenvalue weighted by Gasteiger charge is -2.08. The molecule has 0 aliphatic carbocycles. The number of aryl methyl sites for hydroxylation is 1. The number of halogens is 2. The zero-order valence-electron chi connectivity index (χ0n) is 11.3. The van der Waals surface area contributed by atoms with Crippen molar-refractivity contribution in [3.8, 4) is 16.9 Å². The molecule has 0 aliphatic heterocycles. The van der Waals surface area contributed by atoms with Crippen LogP contribution in [0.3, 0.4) is 0 Å². The molecule has 0 bridgehead atoms. The number of anilines is 1. The van der Waals surface area contributed by atoms with E-state index in [0.717, 1.165) is 27.0 Å². The third-order valence-corrected chi connectivity index (χ3v) is 4.01. The maximum Gasteiger partial charge on any atom is 0.127 e. The van der Waals surface area contributed by atoms with Crippen LogP contribution in [0.5, 0.6) is 0 Å². The third-order valence-electron chi connectivity index (χ3n) is 3.26. The largest absolute Gasteiger partial charge is 0.384 e. The zero-order valence-corrected chi connectivity index (χ0v) is 13.7. The molecular weight excluding hydrogens is 350 g/mol. The number of nitrogens with zero attached hydrogens (tertiary/aromatic N) is 2. The fourth-order valence-electron chi connectivity index (χ4n) is 2.21. The van der Waals surface area contributed by atoms with Crippen LogP contribution in [-0.2, 0) is 0 Å². The first-order valence-corrected chi connectivity index (χ1v) is 7.60. The van der Waals surface area contributed by atoms with Gasteiger partial charge in [-0.2, -0.15) is 5.10 Å². The minimum Gasteiger partial charge on any atom is -0.384 e. The zero-order chi connectivity index (χ0) is 15.0. The van der Waals surface area contributed by atoms with Crippen molar-refractivity contribution in [2.45, 2.75) is 6.92 Å². The van der Waals surface area contributed by atoms with Crippen LogP contribution in [0, 0.1) is 6.92 Å². The summed E-state index contributed by atoms with van der Waals surface area (Å²) in [6.07, 6.45) is 0. The van der Waals surface area contributed by atoms with Crippen molar-refractivity contribution in [1.29, 1.82) is 0 Å². The highest BCUT2D eigenvalue weighted by atomic mass is 79.9. The van der Waals surface area contributed by atoms with Crippen molar-refractivity contribution in [2.24, 2.45) is 0 Å². The Labute approximate surface area is 136 Å². The van der Waals surface area contributed by atoms with Gasteiger partial charge in [0.25, 0.3) is 0 Å². The van der Waals surface area contributed by atoms with Gasteiger partial charge in [-0.05, 0) is 42.8 Å². The summed E-state index contributed by atoms with van der Waals surface area (Å²) in [5.41, 5.74) is 9.99. The number of hydrogen-bond acceptors (Lipinski definition) is 2. The van der Waals surface area contributed by atoms with Crippen molar-refractivity contribution >= 4 is 33.3 Å². The molecule has 3 aromatic rings. The van der Waals surface area contributed by atoms with Crippen LogP contribution in [0.2, 0.25) is 5.02 Å². The Hall–Kier alpha value is -1.78. The highest BCUT2D eigenvalue weighted by Gasteiger charge is 2.10. The second kappa shape index (κ2) is 5.54. The number of hydrogen-bond donors (Lipinski definition) is 1. The van der Waals surface area contributed by atoms with E-state index in [4.69, 9.17) is 17.3 Å². The molecule has 1 aromatic heterocycles. The fourth-order valence-corrected chi connectivity index (χ4v) is 2.81. The molecule has 0 atom stereocenters. The van der Waals surface area contributed by atoms with Gasteiger partial charge in [0, 0.05) is 21.1 Å². The first-order valence-electron chi connectivity index (χ1n) is 6.42. The van der Waals surface area contributed by atoms with E-state index in [2.05, 4.69) is 21.0 Å². The minimum atomic E-state index is 0.602. The predicted octanol–water partition coefficient (Wildman–Crippen LogP) is 4.85. The Morgan fingerprint density at radius 2 is 1.81 bits per heavy atom. The van der Waals surface area contributed by atoms with Gasteiger partial charge >= 0.3 is 0 Å². The van der Waals surface area contributed by atoms with Crippen molar-refractivity contribution in [2.75, 3.05) is 5.73 Å². The van der Waals surface area contributed by atoms with Crippen molar-refractivity contribution in [1.82, 2.24) is 9.78 Å². The third kappa shape index (κ3) is 2.82. The Kier molecular flexibility index (Phi) is 3.74. The highest BCUT2D eigenvalue weighted by molar-refractivity contribution is 9.10. The van der Waals surface area contributed by atoms with Crippen LogP contribution < -0.4 is 5.73 Å². The average molecular weight is 363 g/mol. The van der Waals surface area contributed by atoms with E-state index in [-0.39, 0.29) is 0 Å². The molecule has 0 radical (unpaired) electrons. The van der Waals surface area contributed by atoms with E-state index in [1.807, 2.05) is 55.5 Å². The van der Waals surface area contributed by atoms with Crippen LogP contribution >= 0.6 is 27.5 Å². The Balaban J connectivity index is 2.07. The molecule has 0 unspecified atom stereocenters. The topological polar surface area (TPSA) is 43.8 Å². The van der Waals surface area contributed by atoms with Gasteiger partial charge in [0.15, 0.2) is 0 Å². The quantitative estimate of drug-likeness (QED) is 0.708. The maximum atomic E-state index is 6.11. The van der Waals surface area contributed by atoms with E-state index in [9.17, 15) is 0 Å². The van der Waals surface area contributed by atoms with Gasteiger partial charge in [0.1, 0.15) is 5.82 Å². The van der Waals surface area contributed by atoms with E-state index >= 15 is 0 Å². The van der Waals surface area contributed by atoms with Crippen LogP contribution in [0.15, 0.2) is 53.0 Å². The van der Waals surface area contributed by atoms with Crippen LogP contribution in [0.1, 0.15) is 5.56 Å². The summed E-state index contributed by atoms with van der Waals surface area (Å²) in [5, 5.41) is 5.31. The summed E-state index contributed by atoms with van der Waals surface area (Å²) in [4.78, 5) is 0. The second-order valence-electron chi connectivity index (χ2n) is 4.80. The highest BCUT2D eigenvalue weighted by Crippen LogP contribution is 2.26. The molecule has 0 saturated heterocycles. The molecule has 0 aliphatic rings. The minimum absolute atomic E-state index is 0.602. The lowest BCUT2D eigenvalue weighted by atomic mass is 10.1. The normalized spacial score (nSPS) is 10.8. The standard InChI is InChI=1S/C16H13BrClN3/c1-10-8-12(17)4-7-15(10)21-16(19)9-14(20-21)11-2-5-13(18)6-3-11/h2-9H,19H2,1H3. The smallest absolute Gasteiger partial charge is 0.127 e. The first-order chi connectivity index (χ1) is 10.0. The van der Waals surface area contributed by atoms with Gasteiger partial charge in [-0.3, -0.25) is 0 Å². The lowest BCUT2D eigenvalue weighted by Crippen LogP contribution is -2.03. The SMILES string of the molecule is Cc1cc(Br)ccc1-n1nc(-c2ccc(Cl)cc2)cc1N. The fraction of sp³-hybridized carbons (Fsp3) is 0.0625. The van der Waals surface area contributed by atoms with E-state index in [0.29, 0.717) is 10.8 Å². The van der Waals surface area contributed by atoms with Crippen molar-refractivity contribution in [3.05, 3.63) is 63.6 Å². The van der Waals surface area contributed by atoms with E-state index in [1.165, 1.54) is 0 Å². The van der Waals surface area contributed by atoms with Crippen LogP contribution in [0.4, 0.5) is 5.82 Å². The number of benzene rings is 2. The van der Waals surface area contributed by atoms with Gasteiger partial charge < -0.3 is 5.73 Å². The monoisotopic (exact) mass is 361 g/mol. The molecule has 3 nitrogen and oxygen atoms in total. The van der Waals surface area contributed by atoms with Crippen molar-refractivity contribution in [3.63, 3.8) is 0 Å². The Bertz CT molecular complexity index is 794. The summed E-state index contributed by atoms with van der Waals surface area (Å²) >= 11 is 9.37. The van der Waals surface area contributed by atoms with Gasteiger partial charge in [0.2, 0.25) is 0 Å². The van der Waals surface area contributed by atoms with Crippen molar-refractivity contribution < 1.29 is 0 Å². The molecule has 0 saturated carbocycles. The second-order valence-corrected chi connectivity index (χ2v) is 6.16. The number of nitrogens with two attached hydrogens (primary N) is 1. The summed E-state index contributed by atoms with van der Waals surface area (Å²) in [7, 11) is 0. The summed E-state index contributed by atoms with van der Waals surface area (Å²) < 4.78 is 2.79. The molecule has 106 valence electrons. The average Bonchev–Trinajstić information content (AvgIpc) is 2.81. The molecule has 3 rings (SSSR count). The van der Waals surface area contributed by atoms with Gasteiger partial charge in [-0.15, -0.1) is 0 Å². The van der Waals surface area contributed by atoms with Gasteiger partial charge in [-0.25, -0.2) is 4.68 Å². The summed E-state index contributed by atoms with van der Waals surface area (Å²) in [6, 6.07) is 15.4. The number of nitrogen functional groups attached to an aromatic ring is 1. The first kappa shape index (κ1) is 14.2. The van der Waals surface area contributed by atoms with Gasteiger partial charge in [0.05, 0.1) is 11.4 Å². The number of rotatable bonds is 2. The number of aromatic nitrogens is 2. The van der Waals surface area contributed by atoms with E-state index in [1.54, 1.807) is 4.68 Å². The Morgan fingerprint density at radius 3 is 2.48 bits per heavy atom. The molecule has 5 heteroatoms. The predicted molar refractivity (Wildman–Crippen MR) is 90.9 cm³/mol. The summed E-state index contributed by atoms with van der Waals surface area (Å²) in [5.74, 6) is 0.602. The molecule has 0 spiro atoms. The molecule has 2 aromatic carbocycles.